The zero-order chi connectivity index (χ0) is 23.6. The maximum atomic E-state index is 13.1. The molecule has 1 aliphatic rings. The van der Waals surface area contributed by atoms with Gasteiger partial charge in [0.15, 0.2) is 0 Å². The quantitative estimate of drug-likeness (QED) is 0.405. The van der Waals surface area contributed by atoms with Crippen LogP contribution >= 0.6 is 0 Å². The van der Waals surface area contributed by atoms with Crippen molar-refractivity contribution in [2.75, 3.05) is 7.05 Å². The van der Waals surface area contributed by atoms with Crippen LogP contribution < -0.4 is 10.2 Å². The SMILES string of the molecule is Cc1cc(COc2ccc(S(=O)(=O)N(C)[C@@H]3CCC[C@@H]3C(=O)NO)cc2)c2ccccc2n1. The summed E-state index contributed by atoms with van der Waals surface area (Å²) in [6.07, 6.45) is 1.82. The van der Waals surface area contributed by atoms with Crippen molar-refractivity contribution in [3.05, 3.63) is 65.9 Å². The first-order chi connectivity index (χ1) is 15.8. The number of fused-ring (bicyclic) bond motifs is 1. The minimum atomic E-state index is -3.81. The summed E-state index contributed by atoms with van der Waals surface area (Å²) in [5.41, 5.74) is 4.46. The van der Waals surface area contributed by atoms with Gasteiger partial charge in [-0.15, -0.1) is 0 Å². The highest BCUT2D eigenvalue weighted by Gasteiger charge is 2.40. The van der Waals surface area contributed by atoms with Gasteiger partial charge >= 0.3 is 0 Å². The molecule has 1 fully saturated rings. The summed E-state index contributed by atoms with van der Waals surface area (Å²) >= 11 is 0. The summed E-state index contributed by atoms with van der Waals surface area (Å²) < 4.78 is 33.4. The monoisotopic (exact) mass is 469 g/mol. The lowest BCUT2D eigenvalue weighted by molar-refractivity contribution is -0.134. The smallest absolute Gasteiger partial charge is 0.248 e. The fourth-order valence-electron chi connectivity index (χ4n) is 4.49. The van der Waals surface area contributed by atoms with E-state index in [0.29, 0.717) is 25.2 Å². The summed E-state index contributed by atoms with van der Waals surface area (Å²) in [6.45, 7) is 2.26. The van der Waals surface area contributed by atoms with Gasteiger partial charge in [0.2, 0.25) is 15.9 Å². The third-order valence-corrected chi connectivity index (χ3v) is 8.12. The normalized spacial score (nSPS) is 18.5. The zero-order valence-electron chi connectivity index (χ0n) is 18.6. The average molecular weight is 470 g/mol. The largest absolute Gasteiger partial charge is 0.489 e. The van der Waals surface area contributed by atoms with Crippen molar-refractivity contribution in [1.82, 2.24) is 14.8 Å². The van der Waals surface area contributed by atoms with E-state index in [9.17, 15) is 13.2 Å². The van der Waals surface area contributed by atoms with Crippen LogP contribution in [0.4, 0.5) is 0 Å². The number of aromatic nitrogens is 1. The minimum Gasteiger partial charge on any atom is -0.489 e. The van der Waals surface area contributed by atoms with Crippen LogP contribution in [0.3, 0.4) is 0 Å². The van der Waals surface area contributed by atoms with E-state index in [1.807, 2.05) is 37.3 Å². The highest BCUT2D eigenvalue weighted by atomic mass is 32.2. The predicted octanol–water partition coefficient (Wildman–Crippen LogP) is 3.42. The number of hydroxylamine groups is 1. The number of para-hydroxylation sites is 1. The minimum absolute atomic E-state index is 0.123. The number of carbonyl (C=O) groups excluding carboxylic acids is 1. The second-order valence-electron chi connectivity index (χ2n) is 8.30. The molecule has 9 heteroatoms. The van der Waals surface area contributed by atoms with Gasteiger partial charge in [-0.25, -0.2) is 13.9 Å². The third-order valence-electron chi connectivity index (χ3n) is 6.22. The van der Waals surface area contributed by atoms with Gasteiger partial charge in [0.1, 0.15) is 12.4 Å². The van der Waals surface area contributed by atoms with Crippen LogP contribution in [0.1, 0.15) is 30.5 Å². The molecule has 1 saturated carbocycles. The molecular weight excluding hydrogens is 442 g/mol. The molecule has 1 aromatic heterocycles. The fourth-order valence-corrected chi connectivity index (χ4v) is 5.91. The van der Waals surface area contributed by atoms with Gasteiger partial charge in [-0.05, 0) is 56.2 Å². The summed E-state index contributed by atoms with van der Waals surface area (Å²) in [6, 6.07) is 15.6. The van der Waals surface area contributed by atoms with Crippen molar-refractivity contribution in [1.29, 1.82) is 0 Å². The van der Waals surface area contributed by atoms with Crippen molar-refractivity contribution >= 4 is 26.8 Å². The number of benzene rings is 2. The van der Waals surface area contributed by atoms with Gasteiger partial charge in [-0.1, -0.05) is 24.6 Å². The van der Waals surface area contributed by atoms with E-state index in [0.717, 1.165) is 28.6 Å². The first-order valence-corrected chi connectivity index (χ1v) is 12.3. The van der Waals surface area contributed by atoms with E-state index in [1.165, 1.54) is 23.5 Å². The molecule has 33 heavy (non-hydrogen) atoms. The molecule has 3 aromatic rings. The molecule has 2 atom stereocenters. The van der Waals surface area contributed by atoms with Gasteiger partial charge in [0, 0.05) is 29.7 Å². The Hall–Kier alpha value is -3.01. The van der Waals surface area contributed by atoms with Crippen molar-refractivity contribution in [2.45, 2.75) is 43.7 Å². The molecule has 2 aromatic carbocycles. The summed E-state index contributed by atoms with van der Waals surface area (Å²) in [4.78, 5) is 16.6. The number of nitrogens with zero attached hydrogens (tertiary/aromatic N) is 2. The average Bonchev–Trinajstić information content (AvgIpc) is 3.31. The number of sulfonamides is 1. The summed E-state index contributed by atoms with van der Waals surface area (Å²) in [7, 11) is -2.33. The van der Waals surface area contributed by atoms with Crippen LogP contribution in [0, 0.1) is 12.8 Å². The van der Waals surface area contributed by atoms with Gasteiger partial charge in [0.05, 0.1) is 16.3 Å². The number of carbonyl (C=O) groups is 1. The highest BCUT2D eigenvalue weighted by molar-refractivity contribution is 7.89. The van der Waals surface area contributed by atoms with E-state index in [2.05, 4.69) is 4.98 Å². The van der Waals surface area contributed by atoms with Crippen LogP contribution in [0.5, 0.6) is 5.75 Å². The zero-order valence-corrected chi connectivity index (χ0v) is 19.4. The number of rotatable bonds is 7. The van der Waals surface area contributed by atoms with Crippen LogP contribution in [0.15, 0.2) is 59.5 Å². The number of hydrogen-bond acceptors (Lipinski definition) is 6. The van der Waals surface area contributed by atoms with Crippen molar-refractivity contribution < 1.29 is 23.2 Å². The Bertz CT molecular complexity index is 1260. The number of hydrogen-bond donors (Lipinski definition) is 2. The van der Waals surface area contributed by atoms with E-state index in [1.54, 1.807) is 17.6 Å². The van der Waals surface area contributed by atoms with Gasteiger partial charge in [-0.3, -0.25) is 15.0 Å². The predicted molar refractivity (Wildman–Crippen MR) is 123 cm³/mol. The van der Waals surface area contributed by atoms with Gasteiger partial charge < -0.3 is 4.74 Å². The Balaban J connectivity index is 1.49. The molecule has 8 nitrogen and oxygen atoms in total. The van der Waals surface area contributed by atoms with E-state index in [-0.39, 0.29) is 4.90 Å². The molecule has 0 saturated heterocycles. The first-order valence-electron chi connectivity index (χ1n) is 10.8. The maximum Gasteiger partial charge on any atom is 0.248 e. The molecule has 1 amide bonds. The number of aryl methyl sites for hydroxylation is 1. The van der Waals surface area contributed by atoms with Crippen LogP contribution in [0.25, 0.3) is 10.9 Å². The third kappa shape index (κ3) is 4.71. The molecule has 1 aliphatic carbocycles. The first kappa shape index (κ1) is 23.2. The summed E-state index contributed by atoms with van der Waals surface area (Å²) in [5, 5.41) is 9.98. The number of nitrogens with one attached hydrogen (secondary N) is 1. The lowest BCUT2D eigenvalue weighted by atomic mass is 10.0. The number of amides is 1. The molecule has 0 spiro atoms. The molecule has 0 bridgehead atoms. The Morgan fingerprint density at radius 1 is 1.18 bits per heavy atom. The number of ether oxygens (including phenoxy) is 1. The number of pyridine rings is 1. The second-order valence-corrected chi connectivity index (χ2v) is 10.3. The van der Waals surface area contributed by atoms with Crippen LogP contribution in [-0.4, -0.2) is 41.9 Å². The Kier molecular flexibility index (Phi) is 6.64. The van der Waals surface area contributed by atoms with Crippen molar-refractivity contribution in [3.8, 4) is 5.75 Å². The Morgan fingerprint density at radius 2 is 1.91 bits per heavy atom. The highest BCUT2D eigenvalue weighted by Crippen LogP contribution is 2.33. The van der Waals surface area contributed by atoms with Crippen LogP contribution in [0.2, 0.25) is 0 Å². The lowest BCUT2D eigenvalue weighted by Crippen LogP contribution is -2.44. The Labute approximate surface area is 193 Å². The second kappa shape index (κ2) is 9.46. The van der Waals surface area contributed by atoms with Crippen molar-refractivity contribution in [3.63, 3.8) is 0 Å². The molecule has 2 N–H and O–H groups in total. The topological polar surface area (TPSA) is 109 Å². The van der Waals surface area contributed by atoms with E-state index in [4.69, 9.17) is 9.94 Å². The molecule has 1 heterocycles. The molecule has 0 aliphatic heterocycles. The van der Waals surface area contributed by atoms with Gasteiger partial charge in [-0.2, -0.15) is 4.31 Å². The summed E-state index contributed by atoms with van der Waals surface area (Å²) in [5.74, 6) is -0.577. The molecule has 0 radical (unpaired) electrons. The van der Waals surface area contributed by atoms with Crippen LogP contribution in [-0.2, 0) is 21.4 Å². The Morgan fingerprint density at radius 3 is 2.64 bits per heavy atom. The maximum absolute atomic E-state index is 13.1. The van der Waals surface area contributed by atoms with Gasteiger partial charge in [0.25, 0.3) is 0 Å². The lowest BCUT2D eigenvalue weighted by Gasteiger charge is -2.28. The standard InChI is InChI=1S/C24H27N3O5S/c1-16-14-17(20-6-3-4-8-22(20)25-16)15-32-18-10-12-19(13-11-18)33(30,31)27(2)23-9-5-7-21(23)24(28)26-29/h3-4,6,8,10-14,21,23,29H,5,7,9,15H2,1-2H3,(H,26,28)/t21-,23+/m0/s1. The molecule has 0 unspecified atom stereocenters. The van der Waals surface area contributed by atoms with Crippen molar-refractivity contribution in [2.24, 2.45) is 5.92 Å². The van der Waals surface area contributed by atoms with E-state index < -0.39 is 27.9 Å². The molecule has 174 valence electrons. The van der Waals surface area contributed by atoms with E-state index >= 15 is 0 Å². The molecule has 4 rings (SSSR count). The molecular formula is C24H27N3O5S. The fraction of sp³-hybridized carbons (Fsp3) is 0.333.